The maximum absolute atomic E-state index is 12.3. The van der Waals surface area contributed by atoms with E-state index in [1.54, 1.807) is 0 Å². The fourth-order valence-corrected chi connectivity index (χ4v) is 3.68. The molecule has 0 N–H and O–H groups in total. The summed E-state index contributed by atoms with van der Waals surface area (Å²) in [4.78, 5) is 12.9. The van der Waals surface area contributed by atoms with Crippen molar-refractivity contribution in [2.24, 2.45) is 0 Å². The van der Waals surface area contributed by atoms with E-state index >= 15 is 0 Å². The highest BCUT2D eigenvalue weighted by atomic mass is 32.1. The molecule has 0 amide bonds. The first kappa shape index (κ1) is 15.6. The van der Waals surface area contributed by atoms with Crippen molar-refractivity contribution in [1.82, 2.24) is 0 Å². The summed E-state index contributed by atoms with van der Waals surface area (Å²) in [5, 5.41) is 1.08. The average molecular weight is 344 g/mol. The van der Waals surface area contributed by atoms with Gasteiger partial charge in [-0.15, -0.1) is 11.3 Å². The molecule has 3 aromatic carbocycles. The van der Waals surface area contributed by atoms with E-state index < -0.39 is 0 Å². The van der Waals surface area contributed by atoms with Gasteiger partial charge < -0.3 is 4.74 Å². The van der Waals surface area contributed by atoms with E-state index in [0.29, 0.717) is 4.88 Å². The number of esters is 1. The monoisotopic (exact) mass is 344 g/mol. The Balaban J connectivity index is 1.43. The number of rotatable bonds is 4. The predicted octanol–water partition coefficient (Wildman–Crippen LogP) is 5.93. The molecule has 0 radical (unpaired) electrons. The third-order valence-corrected chi connectivity index (χ3v) is 5.15. The molecule has 0 spiro atoms. The number of fused-ring (bicyclic) bond motifs is 1. The van der Waals surface area contributed by atoms with Crippen LogP contribution in [0.2, 0.25) is 0 Å². The summed E-state index contributed by atoms with van der Waals surface area (Å²) >= 11 is 1.47. The van der Waals surface area contributed by atoms with Crippen LogP contribution in [0.1, 0.15) is 15.2 Å². The number of thiophene rings is 1. The first-order chi connectivity index (χ1) is 12.3. The van der Waals surface area contributed by atoms with Crippen LogP contribution in [-0.2, 0) is 11.3 Å². The van der Waals surface area contributed by atoms with Crippen LogP contribution in [0.25, 0.3) is 21.2 Å². The lowest BCUT2D eigenvalue weighted by Gasteiger charge is -2.05. The Bertz CT molecular complexity index is 968. The Labute approximate surface area is 150 Å². The summed E-state index contributed by atoms with van der Waals surface area (Å²) in [6.07, 6.45) is 0. The summed E-state index contributed by atoms with van der Waals surface area (Å²) < 4.78 is 6.56. The number of hydrogen-bond acceptors (Lipinski definition) is 3. The predicted molar refractivity (Wildman–Crippen MR) is 103 cm³/mol. The fraction of sp³-hybridized carbons (Fsp3) is 0.0455. The third kappa shape index (κ3) is 3.47. The van der Waals surface area contributed by atoms with Crippen LogP contribution in [0.15, 0.2) is 84.9 Å². The highest BCUT2D eigenvalue weighted by Gasteiger charge is 2.11. The number of carbonyl (C=O) groups excluding carboxylic acids is 1. The van der Waals surface area contributed by atoms with Gasteiger partial charge in [0.2, 0.25) is 0 Å². The molecular weight excluding hydrogens is 328 g/mol. The lowest BCUT2D eigenvalue weighted by atomic mass is 10.0. The average Bonchev–Trinajstić information content (AvgIpc) is 3.11. The zero-order valence-corrected chi connectivity index (χ0v) is 14.3. The molecule has 3 heteroatoms. The lowest BCUT2D eigenvalue weighted by molar-refractivity contribution is 0.0478. The second-order valence-corrected chi connectivity index (χ2v) is 6.87. The number of benzene rings is 3. The van der Waals surface area contributed by atoms with Crippen LogP contribution >= 0.6 is 11.3 Å². The normalized spacial score (nSPS) is 10.7. The Morgan fingerprint density at radius 3 is 2.24 bits per heavy atom. The Hall–Kier alpha value is -2.91. The molecule has 0 saturated carbocycles. The Morgan fingerprint density at radius 1 is 0.800 bits per heavy atom. The van der Waals surface area contributed by atoms with Crippen molar-refractivity contribution in [2.45, 2.75) is 6.61 Å². The molecule has 4 rings (SSSR count). The first-order valence-corrected chi connectivity index (χ1v) is 8.91. The third-order valence-electron chi connectivity index (χ3n) is 4.06. The minimum Gasteiger partial charge on any atom is -0.457 e. The highest BCUT2D eigenvalue weighted by molar-refractivity contribution is 7.20. The minimum atomic E-state index is -0.270. The van der Waals surface area contributed by atoms with Gasteiger partial charge in [0.15, 0.2) is 0 Å². The SMILES string of the molecule is O=C(OCc1ccc(-c2ccccc2)cc1)c1cc2ccccc2s1. The maximum Gasteiger partial charge on any atom is 0.348 e. The van der Waals surface area contributed by atoms with Gasteiger partial charge in [0.05, 0.1) is 0 Å². The molecule has 122 valence electrons. The number of carbonyl (C=O) groups is 1. The topological polar surface area (TPSA) is 26.3 Å². The van der Waals surface area contributed by atoms with E-state index in [0.717, 1.165) is 21.2 Å². The molecule has 2 nitrogen and oxygen atoms in total. The van der Waals surface area contributed by atoms with Crippen LogP contribution in [-0.4, -0.2) is 5.97 Å². The smallest absolute Gasteiger partial charge is 0.348 e. The lowest BCUT2D eigenvalue weighted by Crippen LogP contribution is -2.02. The highest BCUT2D eigenvalue weighted by Crippen LogP contribution is 2.26. The largest absolute Gasteiger partial charge is 0.457 e. The van der Waals surface area contributed by atoms with Gasteiger partial charge in [-0.25, -0.2) is 4.79 Å². The number of ether oxygens (including phenoxy) is 1. The fourth-order valence-electron chi connectivity index (χ4n) is 2.73. The van der Waals surface area contributed by atoms with E-state index in [-0.39, 0.29) is 12.6 Å². The van der Waals surface area contributed by atoms with Crippen molar-refractivity contribution in [2.75, 3.05) is 0 Å². The standard InChI is InChI=1S/C22H16O2S/c23-22(21-14-19-8-4-5-9-20(19)25-21)24-15-16-10-12-18(13-11-16)17-6-2-1-3-7-17/h1-14H,15H2. The van der Waals surface area contributed by atoms with Crippen LogP contribution in [0.3, 0.4) is 0 Å². The van der Waals surface area contributed by atoms with Gasteiger partial charge >= 0.3 is 5.97 Å². The van der Waals surface area contributed by atoms with E-state index in [1.807, 2.05) is 60.7 Å². The van der Waals surface area contributed by atoms with Gasteiger partial charge in [0.1, 0.15) is 11.5 Å². The number of hydrogen-bond donors (Lipinski definition) is 0. The van der Waals surface area contributed by atoms with Crippen molar-refractivity contribution in [1.29, 1.82) is 0 Å². The summed E-state index contributed by atoms with van der Waals surface area (Å²) in [6, 6.07) is 28.2. The van der Waals surface area contributed by atoms with E-state index in [4.69, 9.17) is 4.74 Å². The molecule has 0 unspecified atom stereocenters. The van der Waals surface area contributed by atoms with Crippen molar-refractivity contribution < 1.29 is 9.53 Å². The molecule has 0 bridgehead atoms. The van der Waals surface area contributed by atoms with Gasteiger partial charge in [-0.3, -0.25) is 0 Å². The molecular formula is C22H16O2S. The molecule has 0 aliphatic heterocycles. The van der Waals surface area contributed by atoms with Crippen LogP contribution < -0.4 is 0 Å². The quantitative estimate of drug-likeness (QED) is 0.429. The van der Waals surface area contributed by atoms with Crippen molar-refractivity contribution in [3.05, 3.63) is 95.4 Å². The maximum atomic E-state index is 12.3. The molecule has 1 heterocycles. The molecule has 4 aromatic rings. The van der Waals surface area contributed by atoms with Crippen LogP contribution in [0.4, 0.5) is 0 Å². The van der Waals surface area contributed by atoms with Gasteiger partial charge in [-0.2, -0.15) is 0 Å². The van der Waals surface area contributed by atoms with Crippen LogP contribution in [0, 0.1) is 0 Å². The van der Waals surface area contributed by atoms with E-state index in [9.17, 15) is 4.79 Å². The molecule has 1 aromatic heterocycles. The van der Waals surface area contributed by atoms with Crippen molar-refractivity contribution in [3.63, 3.8) is 0 Å². The van der Waals surface area contributed by atoms with Gasteiger partial charge in [-0.1, -0.05) is 72.8 Å². The molecule has 0 fully saturated rings. The van der Waals surface area contributed by atoms with Gasteiger partial charge in [0.25, 0.3) is 0 Å². The summed E-state index contributed by atoms with van der Waals surface area (Å²) in [5.74, 6) is -0.270. The van der Waals surface area contributed by atoms with Crippen molar-refractivity contribution in [3.8, 4) is 11.1 Å². The Kier molecular flexibility index (Phi) is 4.32. The molecule has 25 heavy (non-hydrogen) atoms. The first-order valence-electron chi connectivity index (χ1n) is 8.10. The Morgan fingerprint density at radius 2 is 1.48 bits per heavy atom. The molecule has 0 aliphatic carbocycles. The van der Waals surface area contributed by atoms with E-state index in [2.05, 4.69) is 24.3 Å². The van der Waals surface area contributed by atoms with Crippen LogP contribution in [0.5, 0.6) is 0 Å². The zero-order chi connectivity index (χ0) is 17.1. The van der Waals surface area contributed by atoms with Crippen molar-refractivity contribution >= 4 is 27.4 Å². The molecule has 0 aliphatic rings. The van der Waals surface area contributed by atoms with Gasteiger partial charge in [0, 0.05) is 4.70 Å². The summed E-state index contributed by atoms with van der Waals surface area (Å²) in [5.41, 5.74) is 3.31. The second kappa shape index (κ2) is 6.91. The molecule has 0 saturated heterocycles. The minimum absolute atomic E-state index is 0.270. The summed E-state index contributed by atoms with van der Waals surface area (Å²) in [6.45, 7) is 0.280. The van der Waals surface area contributed by atoms with Gasteiger partial charge in [-0.05, 0) is 34.2 Å². The zero-order valence-electron chi connectivity index (χ0n) is 13.5. The second-order valence-electron chi connectivity index (χ2n) is 5.79. The molecule has 0 atom stereocenters. The summed E-state index contributed by atoms with van der Waals surface area (Å²) in [7, 11) is 0. The van der Waals surface area contributed by atoms with E-state index in [1.165, 1.54) is 16.9 Å².